The highest BCUT2D eigenvalue weighted by Crippen LogP contribution is 2.35. The second-order valence-corrected chi connectivity index (χ2v) is 9.19. The summed E-state index contributed by atoms with van der Waals surface area (Å²) in [5.41, 5.74) is 3.90. The van der Waals surface area contributed by atoms with E-state index in [0.717, 1.165) is 36.8 Å². The third-order valence-corrected chi connectivity index (χ3v) is 6.52. The number of rotatable bonds is 3. The van der Waals surface area contributed by atoms with Gasteiger partial charge >= 0.3 is 0 Å². The second-order valence-electron chi connectivity index (χ2n) is 7.35. The summed E-state index contributed by atoms with van der Waals surface area (Å²) in [6.45, 7) is 0. The molecule has 0 saturated heterocycles. The first-order valence-corrected chi connectivity index (χ1v) is 11.3. The van der Waals surface area contributed by atoms with Crippen molar-refractivity contribution in [2.45, 2.75) is 32.1 Å². The fraction of sp³-hybridized carbons (Fsp3) is 0.273. The van der Waals surface area contributed by atoms with Crippen LogP contribution in [-0.4, -0.2) is 24.4 Å². The summed E-state index contributed by atoms with van der Waals surface area (Å²) < 4.78 is 33.1. The van der Waals surface area contributed by atoms with Gasteiger partial charge in [0.25, 0.3) is 0 Å². The Balaban J connectivity index is 1.63. The molecule has 2 aromatic rings. The van der Waals surface area contributed by atoms with Crippen molar-refractivity contribution in [1.82, 2.24) is 4.72 Å². The molecule has 0 atom stereocenters. The smallest absolute Gasteiger partial charge is 0.232 e. The molecular formula is C22H23NO5S. The maximum absolute atomic E-state index is 12.3. The molecule has 2 bridgehead atoms. The van der Waals surface area contributed by atoms with Gasteiger partial charge in [0.05, 0.1) is 11.4 Å². The van der Waals surface area contributed by atoms with Crippen molar-refractivity contribution < 1.29 is 23.4 Å². The van der Waals surface area contributed by atoms with Gasteiger partial charge in [0, 0.05) is 6.07 Å². The molecule has 3 N–H and O–H groups in total. The Morgan fingerprint density at radius 3 is 2.34 bits per heavy atom. The number of aromatic hydroxyl groups is 2. The minimum atomic E-state index is -3.33. The van der Waals surface area contributed by atoms with E-state index in [1.807, 2.05) is 18.2 Å². The lowest BCUT2D eigenvalue weighted by molar-refractivity contribution is 0.398. The van der Waals surface area contributed by atoms with E-state index in [2.05, 4.69) is 4.72 Å². The van der Waals surface area contributed by atoms with Crippen LogP contribution < -0.4 is 9.46 Å². The highest BCUT2D eigenvalue weighted by Gasteiger charge is 2.21. The molecule has 0 unspecified atom stereocenters. The van der Waals surface area contributed by atoms with Crippen molar-refractivity contribution in [3.05, 3.63) is 65.4 Å². The number of benzene rings is 2. The van der Waals surface area contributed by atoms with Crippen LogP contribution in [-0.2, 0) is 10.0 Å². The molecule has 0 radical (unpaired) electrons. The van der Waals surface area contributed by atoms with Crippen LogP contribution in [0.3, 0.4) is 0 Å². The number of hydrogen-bond donors (Lipinski definition) is 3. The SMILES string of the molecule is O=S1(=O)CCCC2=CC(=C(c3ccc(Oc4ccc(O)c(O)c4)cc3)CCC2)N1. The normalized spacial score (nSPS) is 18.7. The van der Waals surface area contributed by atoms with Crippen molar-refractivity contribution >= 4 is 15.6 Å². The number of hydrogen-bond acceptors (Lipinski definition) is 5. The molecule has 0 aromatic heterocycles. The maximum atomic E-state index is 12.3. The van der Waals surface area contributed by atoms with Crippen LogP contribution in [0, 0.1) is 0 Å². The lowest BCUT2D eigenvalue weighted by Crippen LogP contribution is -2.27. The van der Waals surface area contributed by atoms with Gasteiger partial charge < -0.3 is 14.9 Å². The molecule has 4 rings (SSSR count). The van der Waals surface area contributed by atoms with Crippen LogP contribution >= 0.6 is 0 Å². The molecule has 2 aliphatic rings. The summed E-state index contributed by atoms with van der Waals surface area (Å²) in [6, 6.07) is 11.7. The minimum absolute atomic E-state index is 0.146. The van der Waals surface area contributed by atoms with E-state index in [9.17, 15) is 18.6 Å². The number of sulfonamides is 1. The number of nitrogens with one attached hydrogen (secondary N) is 1. The van der Waals surface area contributed by atoms with Gasteiger partial charge in [0.1, 0.15) is 11.5 Å². The molecule has 29 heavy (non-hydrogen) atoms. The lowest BCUT2D eigenvalue weighted by atomic mass is 9.99. The fourth-order valence-electron chi connectivity index (χ4n) is 3.71. The topological polar surface area (TPSA) is 95.9 Å². The molecule has 7 heteroatoms. The zero-order valence-corrected chi connectivity index (χ0v) is 16.7. The summed E-state index contributed by atoms with van der Waals surface area (Å²) in [5.74, 6) is 0.678. The Hall–Kier alpha value is -2.93. The number of phenolic OH excluding ortho intramolecular Hbond substituents is 2. The Bertz CT molecular complexity index is 1080. The molecule has 152 valence electrons. The summed E-state index contributed by atoms with van der Waals surface area (Å²) in [6.07, 6.45) is 6.25. The van der Waals surface area contributed by atoms with E-state index in [1.165, 1.54) is 17.7 Å². The average molecular weight is 413 g/mol. The highest BCUT2D eigenvalue weighted by atomic mass is 32.2. The molecule has 1 aliphatic heterocycles. The predicted molar refractivity (Wildman–Crippen MR) is 111 cm³/mol. The van der Waals surface area contributed by atoms with Crippen molar-refractivity contribution in [1.29, 1.82) is 0 Å². The number of fused-ring (bicyclic) bond motifs is 1. The second kappa shape index (κ2) is 7.83. The van der Waals surface area contributed by atoms with E-state index < -0.39 is 10.0 Å². The Morgan fingerprint density at radius 2 is 1.59 bits per heavy atom. The zero-order chi connectivity index (χ0) is 20.4. The summed E-state index contributed by atoms with van der Waals surface area (Å²) >= 11 is 0. The van der Waals surface area contributed by atoms with Crippen molar-refractivity contribution in [2.24, 2.45) is 0 Å². The number of ether oxygens (including phenoxy) is 1. The van der Waals surface area contributed by atoms with Gasteiger partial charge in [-0.2, -0.15) is 0 Å². The fourth-order valence-corrected chi connectivity index (χ4v) is 4.86. The highest BCUT2D eigenvalue weighted by molar-refractivity contribution is 7.89. The molecule has 1 aliphatic carbocycles. The maximum Gasteiger partial charge on any atom is 0.232 e. The van der Waals surface area contributed by atoms with E-state index >= 15 is 0 Å². The van der Waals surface area contributed by atoms with E-state index in [0.29, 0.717) is 23.6 Å². The molecular weight excluding hydrogens is 390 g/mol. The van der Waals surface area contributed by atoms with Gasteiger partial charge in [-0.05, 0) is 73.6 Å². The van der Waals surface area contributed by atoms with Crippen LogP contribution in [0.1, 0.15) is 37.7 Å². The summed E-state index contributed by atoms with van der Waals surface area (Å²) in [5, 5.41) is 19.0. The van der Waals surface area contributed by atoms with Gasteiger partial charge in [-0.3, -0.25) is 4.72 Å². The van der Waals surface area contributed by atoms with E-state index in [4.69, 9.17) is 4.74 Å². The molecule has 2 aromatic carbocycles. The first-order valence-electron chi connectivity index (χ1n) is 9.63. The number of phenols is 2. The first kappa shape index (κ1) is 19.4. The molecule has 0 amide bonds. The van der Waals surface area contributed by atoms with Crippen LogP contribution in [0.2, 0.25) is 0 Å². The third-order valence-electron chi connectivity index (χ3n) is 5.16. The van der Waals surface area contributed by atoms with Crippen molar-refractivity contribution in [2.75, 3.05) is 5.75 Å². The van der Waals surface area contributed by atoms with Crippen molar-refractivity contribution in [3.8, 4) is 23.0 Å². The molecule has 1 heterocycles. The zero-order valence-electron chi connectivity index (χ0n) is 15.9. The quantitative estimate of drug-likeness (QED) is 0.647. The standard InChI is InChI=1S/C22H23NO5S/c24-21-11-10-18(14-22(21)25)28-17-8-6-16(7-9-17)19-5-1-3-15-4-2-12-29(26,27)23-20(19)13-15/h6-11,13-14,23-25H,1-5,12H2. The van der Waals surface area contributed by atoms with Gasteiger partial charge in [0.15, 0.2) is 11.5 Å². The summed E-state index contributed by atoms with van der Waals surface area (Å²) in [4.78, 5) is 0. The lowest BCUT2D eigenvalue weighted by Gasteiger charge is -2.17. The Kier molecular flexibility index (Phi) is 5.24. The average Bonchev–Trinajstić information content (AvgIpc) is 2.87. The molecule has 0 fully saturated rings. The van der Waals surface area contributed by atoms with Crippen LogP contribution in [0.5, 0.6) is 23.0 Å². The third kappa shape index (κ3) is 4.56. The number of allylic oxidation sites excluding steroid dienone is 3. The molecule has 6 nitrogen and oxygen atoms in total. The van der Waals surface area contributed by atoms with Gasteiger partial charge in [-0.1, -0.05) is 17.7 Å². The Morgan fingerprint density at radius 1 is 0.862 bits per heavy atom. The van der Waals surface area contributed by atoms with Crippen LogP contribution in [0.4, 0.5) is 0 Å². The molecule has 0 saturated carbocycles. The Labute approximate surface area is 170 Å². The predicted octanol–water partition coefficient (Wildman–Crippen LogP) is 4.42. The van der Waals surface area contributed by atoms with Gasteiger partial charge in [0.2, 0.25) is 10.0 Å². The molecule has 0 spiro atoms. The first-order chi connectivity index (χ1) is 13.9. The van der Waals surface area contributed by atoms with Crippen LogP contribution in [0.15, 0.2) is 59.8 Å². The minimum Gasteiger partial charge on any atom is -0.504 e. The van der Waals surface area contributed by atoms with E-state index in [1.54, 1.807) is 18.2 Å². The van der Waals surface area contributed by atoms with E-state index in [-0.39, 0.29) is 17.3 Å². The largest absolute Gasteiger partial charge is 0.504 e. The monoisotopic (exact) mass is 413 g/mol. The van der Waals surface area contributed by atoms with Crippen molar-refractivity contribution in [3.63, 3.8) is 0 Å². The van der Waals surface area contributed by atoms with Crippen LogP contribution in [0.25, 0.3) is 5.57 Å². The van der Waals surface area contributed by atoms with Gasteiger partial charge in [-0.25, -0.2) is 8.42 Å². The van der Waals surface area contributed by atoms with Gasteiger partial charge in [-0.15, -0.1) is 0 Å². The summed E-state index contributed by atoms with van der Waals surface area (Å²) in [7, 11) is -3.33.